The smallest absolute Gasteiger partial charge is 0.308 e. The average Bonchev–Trinajstić information content (AvgIpc) is 2.92. The van der Waals surface area contributed by atoms with Gasteiger partial charge in [-0.2, -0.15) is 0 Å². The summed E-state index contributed by atoms with van der Waals surface area (Å²) in [7, 11) is 2.15. The molecule has 100 valence electrons. The van der Waals surface area contributed by atoms with Gasteiger partial charge in [0.2, 0.25) is 0 Å². The Labute approximate surface area is 113 Å². The lowest BCUT2D eigenvalue weighted by Crippen LogP contribution is -2.36. The third-order valence-corrected chi connectivity index (χ3v) is 4.68. The van der Waals surface area contributed by atoms with E-state index in [2.05, 4.69) is 29.5 Å². The molecule has 0 saturated heterocycles. The summed E-state index contributed by atoms with van der Waals surface area (Å²) < 4.78 is 5.10. The molecule has 1 aliphatic carbocycles. The number of nitrogens with zero attached hydrogens (tertiary/aromatic N) is 1. The first-order chi connectivity index (χ1) is 8.72. The standard InChI is InChI=1S/C14H21NO2S/c1-3-17-14(16)11-6-8-12(9-7-11)15(2)13-5-4-10-18-13/h4-5,10-12H,3,6-9H2,1-2H3. The summed E-state index contributed by atoms with van der Waals surface area (Å²) in [4.78, 5) is 14.0. The van der Waals surface area contributed by atoms with Crippen LogP contribution in [0.3, 0.4) is 0 Å². The minimum absolute atomic E-state index is 0.00488. The van der Waals surface area contributed by atoms with Crippen molar-refractivity contribution in [3.8, 4) is 0 Å². The summed E-state index contributed by atoms with van der Waals surface area (Å²) >= 11 is 1.77. The highest BCUT2D eigenvalue weighted by Gasteiger charge is 2.29. The van der Waals surface area contributed by atoms with Gasteiger partial charge in [-0.1, -0.05) is 0 Å². The van der Waals surface area contributed by atoms with Crippen LogP contribution in [0.25, 0.3) is 0 Å². The molecular formula is C14H21NO2S. The first kappa shape index (κ1) is 13.4. The Bertz CT molecular complexity index is 369. The first-order valence-electron chi connectivity index (χ1n) is 6.65. The van der Waals surface area contributed by atoms with Crippen molar-refractivity contribution in [3.05, 3.63) is 17.5 Å². The lowest BCUT2D eigenvalue weighted by atomic mass is 9.85. The van der Waals surface area contributed by atoms with E-state index >= 15 is 0 Å². The van der Waals surface area contributed by atoms with Crippen LogP contribution in [0.1, 0.15) is 32.6 Å². The topological polar surface area (TPSA) is 29.5 Å². The first-order valence-corrected chi connectivity index (χ1v) is 7.53. The molecular weight excluding hydrogens is 246 g/mol. The molecule has 3 nitrogen and oxygen atoms in total. The van der Waals surface area contributed by atoms with Crippen molar-refractivity contribution in [1.29, 1.82) is 0 Å². The monoisotopic (exact) mass is 267 g/mol. The molecule has 2 rings (SSSR count). The van der Waals surface area contributed by atoms with Crippen molar-refractivity contribution < 1.29 is 9.53 Å². The van der Waals surface area contributed by atoms with Crippen LogP contribution in [0.5, 0.6) is 0 Å². The van der Waals surface area contributed by atoms with Gasteiger partial charge in [0.1, 0.15) is 0 Å². The van der Waals surface area contributed by atoms with Gasteiger partial charge in [0.15, 0.2) is 0 Å². The molecule has 1 aliphatic rings. The van der Waals surface area contributed by atoms with Gasteiger partial charge in [0, 0.05) is 13.1 Å². The van der Waals surface area contributed by atoms with E-state index in [-0.39, 0.29) is 11.9 Å². The molecule has 1 aromatic rings. The van der Waals surface area contributed by atoms with Crippen LogP contribution < -0.4 is 4.90 Å². The highest BCUT2D eigenvalue weighted by molar-refractivity contribution is 7.14. The van der Waals surface area contributed by atoms with E-state index < -0.39 is 0 Å². The number of thiophene rings is 1. The third-order valence-electron chi connectivity index (χ3n) is 3.72. The maximum absolute atomic E-state index is 11.7. The summed E-state index contributed by atoms with van der Waals surface area (Å²) in [6.45, 7) is 2.36. The van der Waals surface area contributed by atoms with Crippen LogP contribution in [-0.2, 0) is 9.53 Å². The second-order valence-corrected chi connectivity index (χ2v) is 5.75. The number of hydrogen-bond acceptors (Lipinski definition) is 4. The second-order valence-electron chi connectivity index (χ2n) is 4.82. The molecule has 0 spiro atoms. The maximum Gasteiger partial charge on any atom is 0.308 e. The number of carbonyl (C=O) groups excluding carboxylic acids is 1. The van der Waals surface area contributed by atoms with E-state index in [1.807, 2.05) is 6.92 Å². The Morgan fingerprint density at radius 1 is 1.44 bits per heavy atom. The Morgan fingerprint density at radius 3 is 2.72 bits per heavy atom. The number of esters is 1. The molecule has 0 aromatic carbocycles. The van der Waals surface area contributed by atoms with Crippen molar-refractivity contribution in [1.82, 2.24) is 0 Å². The molecule has 1 fully saturated rings. The van der Waals surface area contributed by atoms with Crippen molar-refractivity contribution >= 4 is 22.3 Å². The van der Waals surface area contributed by atoms with Crippen molar-refractivity contribution in [2.24, 2.45) is 5.92 Å². The highest BCUT2D eigenvalue weighted by atomic mass is 32.1. The molecule has 18 heavy (non-hydrogen) atoms. The van der Waals surface area contributed by atoms with Crippen LogP contribution >= 0.6 is 11.3 Å². The van der Waals surface area contributed by atoms with Gasteiger partial charge < -0.3 is 9.64 Å². The minimum atomic E-state index is -0.00488. The number of carbonyl (C=O) groups is 1. The van der Waals surface area contributed by atoms with Gasteiger partial charge in [0.25, 0.3) is 0 Å². The van der Waals surface area contributed by atoms with E-state index in [9.17, 15) is 4.79 Å². The van der Waals surface area contributed by atoms with E-state index in [4.69, 9.17) is 4.74 Å². The van der Waals surface area contributed by atoms with Crippen LogP contribution in [0.15, 0.2) is 17.5 Å². The zero-order valence-corrected chi connectivity index (χ0v) is 11.9. The van der Waals surface area contributed by atoms with Gasteiger partial charge in [-0.3, -0.25) is 4.79 Å². The van der Waals surface area contributed by atoms with Gasteiger partial charge in [-0.25, -0.2) is 0 Å². The normalized spacial score (nSPS) is 23.7. The number of hydrogen-bond donors (Lipinski definition) is 0. The summed E-state index contributed by atoms with van der Waals surface area (Å²) in [6.07, 6.45) is 4.08. The number of ether oxygens (including phenoxy) is 1. The van der Waals surface area contributed by atoms with Crippen LogP contribution in [-0.4, -0.2) is 25.7 Å². The average molecular weight is 267 g/mol. The van der Waals surface area contributed by atoms with Crippen LogP contribution in [0.4, 0.5) is 5.00 Å². The Balaban J connectivity index is 1.85. The lowest BCUT2D eigenvalue weighted by molar-refractivity contribution is -0.149. The van der Waals surface area contributed by atoms with Gasteiger partial charge in [-0.15, -0.1) is 11.3 Å². The molecule has 0 N–H and O–H groups in total. The Kier molecular flexibility index (Phi) is 4.64. The molecule has 1 heterocycles. The summed E-state index contributed by atoms with van der Waals surface area (Å²) in [5, 5.41) is 3.42. The van der Waals surface area contributed by atoms with E-state index in [1.54, 1.807) is 11.3 Å². The number of anilines is 1. The van der Waals surface area contributed by atoms with E-state index in [0.717, 1.165) is 25.7 Å². The number of rotatable bonds is 4. The molecule has 0 aliphatic heterocycles. The lowest BCUT2D eigenvalue weighted by Gasteiger charge is -2.34. The molecule has 0 bridgehead atoms. The van der Waals surface area contributed by atoms with Crippen molar-refractivity contribution in [2.45, 2.75) is 38.6 Å². The minimum Gasteiger partial charge on any atom is -0.466 e. The zero-order chi connectivity index (χ0) is 13.0. The predicted molar refractivity (Wildman–Crippen MR) is 75.1 cm³/mol. The molecule has 1 aromatic heterocycles. The highest BCUT2D eigenvalue weighted by Crippen LogP contribution is 2.32. The fourth-order valence-corrected chi connectivity index (χ4v) is 3.38. The molecule has 0 radical (unpaired) electrons. The molecule has 0 unspecified atom stereocenters. The summed E-state index contributed by atoms with van der Waals surface area (Å²) in [6, 6.07) is 4.80. The Morgan fingerprint density at radius 2 is 2.17 bits per heavy atom. The predicted octanol–water partition coefficient (Wildman–Crippen LogP) is 3.31. The SMILES string of the molecule is CCOC(=O)C1CCC(N(C)c2cccs2)CC1. The molecule has 1 saturated carbocycles. The molecule has 4 heteroatoms. The van der Waals surface area contributed by atoms with Gasteiger partial charge in [0.05, 0.1) is 17.5 Å². The second kappa shape index (κ2) is 6.23. The van der Waals surface area contributed by atoms with E-state index in [0.29, 0.717) is 12.6 Å². The van der Waals surface area contributed by atoms with Crippen molar-refractivity contribution in [2.75, 3.05) is 18.6 Å². The third kappa shape index (κ3) is 3.05. The molecule has 0 atom stereocenters. The zero-order valence-electron chi connectivity index (χ0n) is 11.1. The van der Waals surface area contributed by atoms with Crippen molar-refractivity contribution in [3.63, 3.8) is 0 Å². The molecule has 0 amide bonds. The van der Waals surface area contributed by atoms with Gasteiger partial charge in [-0.05, 0) is 50.1 Å². The quantitative estimate of drug-likeness (QED) is 0.784. The summed E-state index contributed by atoms with van der Waals surface area (Å²) in [5.74, 6) is 0.118. The van der Waals surface area contributed by atoms with Crippen LogP contribution in [0, 0.1) is 5.92 Å². The largest absolute Gasteiger partial charge is 0.466 e. The fraction of sp³-hybridized carbons (Fsp3) is 0.643. The Hall–Kier alpha value is -1.03. The maximum atomic E-state index is 11.7. The van der Waals surface area contributed by atoms with Crippen LogP contribution in [0.2, 0.25) is 0 Å². The van der Waals surface area contributed by atoms with E-state index in [1.165, 1.54) is 5.00 Å². The fourth-order valence-electron chi connectivity index (χ4n) is 2.61. The summed E-state index contributed by atoms with van der Waals surface area (Å²) in [5.41, 5.74) is 0. The van der Waals surface area contributed by atoms with Gasteiger partial charge >= 0.3 is 5.97 Å².